The van der Waals surface area contributed by atoms with E-state index in [4.69, 9.17) is 28.4 Å². The van der Waals surface area contributed by atoms with E-state index in [1.807, 2.05) is 0 Å². The summed E-state index contributed by atoms with van der Waals surface area (Å²) in [7, 11) is 1.39. The minimum Gasteiger partial charge on any atom is -0.507 e. The molecule has 0 saturated carbocycles. The van der Waals surface area contributed by atoms with E-state index in [1.165, 1.54) is 32.2 Å². The number of hydrogen-bond acceptors (Lipinski definition) is 15. The van der Waals surface area contributed by atoms with E-state index in [-0.39, 0.29) is 35.0 Å². The van der Waals surface area contributed by atoms with Gasteiger partial charge < -0.3 is 69.3 Å². The van der Waals surface area contributed by atoms with Crippen LogP contribution in [0.1, 0.15) is 35.4 Å². The lowest BCUT2D eigenvalue weighted by molar-refractivity contribution is -0.318. The van der Waals surface area contributed by atoms with Gasteiger partial charge in [0.25, 0.3) is 0 Å². The summed E-state index contributed by atoms with van der Waals surface area (Å²) < 4.78 is 33.1. The van der Waals surface area contributed by atoms with Gasteiger partial charge in [0.2, 0.25) is 6.29 Å². The Bertz CT molecular complexity index is 1320. The molecule has 5 rings (SSSR count). The van der Waals surface area contributed by atoms with Crippen molar-refractivity contribution in [3.63, 3.8) is 0 Å². The predicted molar refractivity (Wildman–Crippen MR) is 141 cm³/mol. The number of aromatic hydroxyl groups is 2. The summed E-state index contributed by atoms with van der Waals surface area (Å²) in [5.74, 6) is -0.999. The van der Waals surface area contributed by atoms with E-state index < -0.39 is 85.7 Å². The topological polar surface area (TPSA) is 234 Å². The number of hydrogen-bond donors (Lipinski definition) is 8. The largest absolute Gasteiger partial charge is 0.507 e. The average Bonchev–Trinajstić information content (AvgIpc) is 2.97. The highest BCUT2D eigenvalue weighted by Gasteiger charge is 2.47. The average molecular weight is 611 g/mol. The third kappa shape index (κ3) is 6.08. The van der Waals surface area contributed by atoms with Crippen molar-refractivity contribution in [1.82, 2.24) is 0 Å². The number of rotatable bonds is 7. The summed E-state index contributed by atoms with van der Waals surface area (Å²) in [4.78, 5) is 12.9. The Morgan fingerprint density at radius 3 is 2.23 bits per heavy atom. The molecular weight excluding hydrogens is 576 g/mol. The maximum Gasteiger partial charge on any atom is 0.229 e. The van der Waals surface area contributed by atoms with Gasteiger partial charge in [-0.1, -0.05) is 6.07 Å². The fraction of sp³-hybridized carbons (Fsp3) is 0.536. The van der Waals surface area contributed by atoms with Gasteiger partial charge in [-0.15, -0.1) is 0 Å². The summed E-state index contributed by atoms with van der Waals surface area (Å²) in [5.41, 5.74) is 0.373. The molecule has 15 heteroatoms. The quantitative estimate of drug-likeness (QED) is 0.185. The van der Waals surface area contributed by atoms with Crippen molar-refractivity contribution in [2.75, 3.05) is 13.7 Å². The van der Waals surface area contributed by atoms with Crippen molar-refractivity contribution < 1.29 is 74.1 Å². The molecule has 2 aromatic carbocycles. The van der Waals surface area contributed by atoms with Crippen LogP contribution in [0.5, 0.6) is 28.7 Å². The third-order valence-electron chi connectivity index (χ3n) is 7.70. The fourth-order valence-corrected chi connectivity index (χ4v) is 5.20. The fourth-order valence-electron chi connectivity index (χ4n) is 5.20. The molecular formula is C28H34O15. The summed E-state index contributed by atoms with van der Waals surface area (Å²) in [6.45, 7) is 0.964. The second-order valence-electron chi connectivity index (χ2n) is 10.6. The Labute approximate surface area is 245 Å². The van der Waals surface area contributed by atoms with Crippen LogP contribution in [0, 0.1) is 0 Å². The first-order valence-electron chi connectivity index (χ1n) is 13.5. The number of aliphatic hydroxyl groups excluding tert-OH is 6. The number of phenolic OH excluding ortho intramolecular Hbond substituents is 2. The number of ether oxygens (including phenoxy) is 6. The lowest BCUT2D eigenvalue weighted by atomic mass is 9.95. The standard InChI is InChI=1S/C28H34O15/c1-10-21(32)23(34)25(36)27(40-10)39-9-19-22(33)24(35)26(37)28(43-19)41-12-6-14(30)20-15(31)8-17(42-18(20)7-12)11-3-4-16(38-2)13(29)5-11/h3-7,10,17,19,21-30,32-37H,8-9H2,1-2H3/t10-,17-,19+,21-,22+,23-,24-,25+,26+,27+,28+/m0/s1. The summed E-state index contributed by atoms with van der Waals surface area (Å²) >= 11 is 0. The van der Waals surface area contributed by atoms with Gasteiger partial charge in [-0.2, -0.15) is 0 Å². The minimum absolute atomic E-state index is 0.0457. The maximum atomic E-state index is 12.9. The molecule has 0 aromatic heterocycles. The predicted octanol–water partition coefficient (Wildman–Crippen LogP) is -1.16. The number of carbonyl (C=O) groups excluding carboxylic acids is 1. The van der Waals surface area contributed by atoms with Gasteiger partial charge in [-0.25, -0.2) is 0 Å². The monoisotopic (exact) mass is 610 g/mol. The molecule has 0 bridgehead atoms. The second kappa shape index (κ2) is 12.4. The van der Waals surface area contributed by atoms with E-state index in [9.17, 15) is 45.6 Å². The van der Waals surface area contributed by atoms with E-state index in [0.29, 0.717) is 5.56 Å². The van der Waals surface area contributed by atoms with Crippen LogP contribution in [0.15, 0.2) is 30.3 Å². The Hall–Kier alpha value is -3.25. The molecule has 0 amide bonds. The zero-order chi connectivity index (χ0) is 31.2. The highest BCUT2D eigenvalue weighted by Crippen LogP contribution is 2.43. The van der Waals surface area contributed by atoms with Gasteiger partial charge in [0.05, 0.1) is 26.2 Å². The summed E-state index contributed by atoms with van der Waals surface area (Å²) in [5, 5.41) is 82.2. The number of phenols is 2. The van der Waals surface area contributed by atoms with Crippen molar-refractivity contribution in [1.29, 1.82) is 0 Å². The van der Waals surface area contributed by atoms with Gasteiger partial charge in [0.15, 0.2) is 23.6 Å². The highest BCUT2D eigenvalue weighted by molar-refractivity contribution is 6.02. The highest BCUT2D eigenvalue weighted by atomic mass is 16.7. The number of fused-ring (bicyclic) bond motifs is 1. The first-order chi connectivity index (χ1) is 20.4. The molecule has 2 aromatic rings. The van der Waals surface area contributed by atoms with Crippen LogP contribution in [0.3, 0.4) is 0 Å². The van der Waals surface area contributed by atoms with Crippen LogP contribution < -0.4 is 14.2 Å². The molecule has 2 fully saturated rings. The van der Waals surface area contributed by atoms with Crippen molar-refractivity contribution in [3.05, 3.63) is 41.5 Å². The Morgan fingerprint density at radius 2 is 1.53 bits per heavy atom. The summed E-state index contributed by atoms with van der Waals surface area (Å²) in [6, 6.07) is 6.90. The van der Waals surface area contributed by atoms with Gasteiger partial charge in [0.1, 0.15) is 71.6 Å². The lowest BCUT2D eigenvalue weighted by Gasteiger charge is -2.42. The van der Waals surface area contributed by atoms with E-state index in [0.717, 1.165) is 6.07 Å². The normalized spacial score (nSPS) is 36.0. The number of aliphatic hydroxyl groups is 6. The van der Waals surface area contributed by atoms with Gasteiger partial charge in [-0.3, -0.25) is 4.79 Å². The van der Waals surface area contributed by atoms with Crippen molar-refractivity contribution in [3.8, 4) is 28.7 Å². The first kappa shape index (κ1) is 31.2. The van der Waals surface area contributed by atoms with Gasteiger partial charge in [-0.05, 0) is 24.6 Å². The van der Waals surface area contributed by atoms with Crippen LogP contribution in [0.4, 0.5) is 0 Å². The molecule has 2 saturated heterocycles. The third-order valence-corrected chi connectivity index (χ3v) is 7.70. The molecule has 15 nitrogen and oxygen atoms in total. The van der Waals surface area contributed by atoms with Crippen LogP contribution in [0.25, 0.3) is 0 Å². The molecule has 43 heavy (non-hydrogen) atoms. The SMILES string of the molecule is COc1ccc([C@@H]2CC(=O)c3c(O)cc(O[C@@H]4O[C@H](CO[C@@H]5O[C@@H](C)[C@H](O)[C@H](O)[C@H]5O)[C@@H](O)[C@H](O)[C@H]4O)cc3O2)cc1O. The lowest BCUT2D eigenvalue weighted by Crippen LogP contribution is -2.61. The zero-order valence-electron chi connectivity index (χ0n) is 23.1. The molecule has 3 aliphatic rings. The number of carbonyl (C=O) groups is 1. The number of ketones is 1. The Kier molecular flexibility index (Phi) is 8.99. The molecule has 0 aliphatic carbocycles. The van der Waals surface area contributed by atoms with E-state index in [2.05, 4.69) is 0 Å². The number of benzene rings is 2. The van der Waals surface area contributed by atoms with Crippen molar-refractivity contribution >= 4 is 5.78 Å². The van der Waals surface area contributed by atoms with Gasteiger partial charge in [0, 0.05) is 12.1 Å². The smallest absolute Gasteiger partial charge is 0.229 e. The van der Waals surface area contributed by atoms with Crippen LogP contribution in [-0.2, 0) is 14.2 Å². The molecule has 0 radical (unpaired) electrons. The Balaban J connectivity index is 1.30. The maximum absolute atomic E-state index is 12.9. The van der Waals surface area contributed by atoms with Crippen molar-refractivity contribution in [2.24, 2.45) is 0 Å². The second-order valence-corrected chi connectivity index (χ2v) is 10.6. The Morgan fingerprint density at radius 1 is 0.837 bits per heavy atom. The van der Waals surface area contributed by atoms with Crippen LogP contribution >= 0.6 is 0 Å². The van der Waals surface area contributed by atoms with Gasteiger partial charge >= 0.3 is 0 Å². The molecule has 3 aliphatic heterocycles. The minimum atomic E-state index is -1.77. The molecule has 0 spiro atoms. The summed E-state index contributed by atoms with van der Waals surface area (Å²) in [6.07, 6.45) is -15.9. The van der Waals surface area contributed by atoms with E-state index in [1.54, 1.807) is 6.07 Å². The van der Waals surface area contributed by atoms with E-state index >= 15 is 0 Å². The molecule has 0 unspecified atom stereocenters. The van der Waals surface area contributed by atoms with Crippen molar-refractivity contribution in [2.45, 2.75) is 80.9 Å². The molecule has 236 valence electrons. The van der Waals surface area contributed by atoms with Crippen LogP contribution in [-0.4, -0.2) is 122 Å². The number of Topliss-reactive ketones (excluding diaryl/α,β-unsaturated/α-hetero) is 1. The number of methoxy groups -OCH3 is 1. The zero-order valence-corrected chi connectivity index (χ0v) is 23.1. The molecule has 8 N–H and O–H groups in total. The van der Waals surface area contributed by atoms with Crippen LogP contribution in [0.2, 0.25) is 0 Å². The molecule has 3 heterocycles. The molecule has 11 atom stereocenters. The first-order valence-corrected chi connectivity index (χ1v) is 13.5.